The van der Waals surface area contributed by atoms with Crippen molar-refractivity contribution < 1.29 is 18.7 Å². The Bertz CT molecular complexity index is 900. The van der Waals surface area contributed by atoms with Gasteiger partial charge in [0.2, 0.25) is 0 Å². The molecule has 0 N–H and O–H groups in total. The number of halogens is 1. The third-order valence-electron chi connectivity index (χ3n) is 5.69. The number of carbonyl (C=O) groups excluding carboxylic acids is 1. The van der Waals surface area contributed by atoms with E-state index in [4.69, 9.17) is 9.47 Å². The molecule has 31 heavy (non-hydrogen) atoms. The SMILES string of the molecule is C=CCc1ccc(OC)c(OCC(=O)N2CC(C)N(Cc3ccc(F)cc3)CC2C)c1. The van der Waals surface area contributed by atoms with Gasteiger partial charge >= 0.3 is 0 Å². The Morgan fingerprint density at radius 3 is 2.48 bits per heavy atom. The van der Waals surface area contributed by atoms with E-state index < -0.39 is 0 Å². The fraction of sp³-hybridized carbons (Fsp3) is 0.400. The number of allylic oxidation sites excluding steroid dienone is 1. The Kier molecular flexibility index (Phi) is 7.69. The molecule has 0 saturated carbocycles. The van der Waals surface area contributed by atoms with E-state index in [-0.39, 0.29) is 30.4 Å². The van der Waals surface area contributed by atoms with Crippen LogP contribution >= 0.6 is 0 Å². The molecule has 1 amide bonds. The fourth-order valence-electron chi connectivity index (χ4n) is 3.94. The molecule has 166 valence electrons. The second-order valence-corrected chi connectivity index (χ2v) is 8.07. The first kappa shape index (κ1) is 22.8. The molecule has 0 bridgehead atoms. The molecule has 1 fully saturated rings. The van der Waals surface area contributed by atoms with Crippen LogP contribution in [-0.2, 0) is 17.8 Å². The van der Waals surface area contributed by atoms with Crippen molar-refractivity contribution in [3.05, 3.63) is 72.1 Å². The van der Waals surface area contributed by atoms with Crippen molar-refractivity contribution in [1.29, 1.82) is 0 Å². The van der Waals surface area contributed by atoms with Crippen molar-refractivity contribution in [1.82, 2.24) is 9.80 Å². The lowest BCUT2D eigenvalue weighted by molar-refractivity contribution is -0.139. The minimum Gasteiger partial charge on any atom is -0.493 e. The molecular formula is C25H31FN2O3. The normalized spacial score (nSPS) is 19.2. The molecule has 0 aliphatic carbocycles. The van der Waals surface area contributed by atoms with Gasteiger partial charge in [0.05, 0.1) is 7.11 Å². The van der Waals surface area contributed by atoms with Crippen molar-refractivity contribution >= 4 is 5.91 Å². The van der Waals surface area contributed by atoms with Crippen molar-refractivity contribution in [2.24, 2.45) is 0 Å². The van der Waals surface area contributed by atoms with Crippen molar-refractivity contribution in [3.63, 3.8) is 0 Å². The molecule has 6 heteroatoms. The Morgan fingerprint density at radius 1 is 1.10 bits per heavy atom. The monoisotopic (exact) mass is 426 g/mol. The van der Waals surface area contributed by atoms with Crippen LogP contribution in [0.4, 0.5) is 4.39 Å². The largest absolute Gasteiger partial charge is 0.493 e. The minimum absolute atomic E-state index is 0.0388. The Labute approximate surface area is 184 Å². The topological polar surface area (TPSA) is 42.0 Å². The quantitative estimate of drug-likeness (QED) is 0.597. The van der Waals surface area contributed by atoms with Gasteiger partial charge in [0, 0.05) is 31.7 Å². The van der Waals surface area contributed by atoms with Gasteiger partial charge in [-0.2, -0.15) is 0 Å². The molecule has 1 aliphatic heterocycles. The third-order valence-corrected chi connectivity index (χ3v) is 5.69. The average molecular weight is 427 g/mol. The lowest BCUT2D eigenvalue weighted by atomic mass is 10.1. The van der Waals surface area contributed by atoms with Crippen molar-refractivity contribution in [2.45, 2.75) is 38.9 Å². The highest BCUT2D eigenvalue weighted by molar-refractivity contribution is 5.78. The van der Waals surface area contributed by atoms with Gasteiger partial charge < -0.3 is 14.4 Å². The maximum Gasteiger partial charge on any atom is 0.260 e. The molecule has 1 aliphatic rings. The molecule has 2 unspecified atom stereocenters. The van der Waals surface area contributed by atoms with E-state index in [1.54, 1.807) is 7.11 Å². The first-order chi connectivity index (χ1) is 14.9. The summed E-state index contributed by atoms with van der Waals surface area (Å²) in [6, 6.07) is 12.5. The summed E-state index contributed by atoms with van der Waals surface area (Å²) in [4.78, 5) is 17.1. The number of carbonyl (C=O) groups is 1. The number of hydrogen-bond acceptors (Lipinski definition) is 4. The van der Waals surface area contributed by atoms with Gasteiger partial charge in [-0.05, 0) is 55.7 Å². The summed E-state index contributed by atoms with van der Waals surface area (Å²) in [5.41, 5.74) is 2.12. The van der Waals surface area contributed by atoms with Gasteiger partial charge in [0.15, 0.2) is 18.1 Å². The maximum atomic E-state index is 13.2. The highest BCUT2D eigenvalue weighted by Crippen LogP contribution is 2.28. The van der Waals surface area contributed by atoms with Crippen LogP contribution in [0, 0.1) is 5.82 Å². The predicted molar refractivity (Wildman–Crippen MR) is 120 cm³/mol. The number of benzene rings is 2. The van der Waals surface area contributed by atoms with E-state index in [2.05, 4.69) is 18.4 Å². The number of hydrogen-bond donors (Lipinski definition) is 0. The number of amides is 1. The molecule has 2 aromatic carbocycles. The van der Waals surface area contributed by atoms with E-state index >= 15 is 0 Å². The summed E-state index contributed by atoms with van der Waals surface area (Å²) in [5, 5.41) is 0. The van der Waals surface area contributed by atoms with Crippen LogP contribution in [0.5, 0.6) is 11.5 Å². The molecule has 0 aromatic heterocycles. The number of ether oxygens (including phenoxy) is 2. The zero-order valence-corrected chi connectivity index (χ0v) is 18.5. The molecule has 0 spiro atoms. The summed E-state index contributed by atoms with van der Waals surface area (Å²) >= 11 is 0. The van der Waals surface area contributed by atoms with Crippen LogP contribution in [-0.4, -0.2) is 54.6 Å². The van der Waals surface area contributed by atoms with E-state index in [0.717, 1.165) is 30.6 Å². The summed E-state index contributed by atoms with van der Waals surface area (Å²) in [6.07, 6.45) is 2.55. The van der Waals surface area contributed by atoms with Gasteiger partial charge in [0.1, 0.15) is 5.82 Å². The first-order valence-corrected chi connectivity index (χ1v) is 10.6. The highest BCUT2D eigenvalue weighted by Gasteiger charge is 2.32. The van der Waals surface area contributed by atoms with Crippen LogP contribution < -0.4 is 9.47 Å². The average Bonchev–Trinajstić information content (AvgIpc) is 2.76. The van der Waals surface area contributed by atoms with E-state index in [0.29, 0.717) is 18.0 Å². The molecular weight excluding hydrogens is 395 g/mol. The van der Waals surface area contributed by atoms with Crippen LogP contribution in [0.15, 0.2) is 55.1 Å². The zero-order chi connectivity index (χ0) is 22.4. The Morgan fingerprint density at radius 2 is 1.81 bits per heavy atom. The second kappa shape index (κ2) is 10.4. The molecule has 3 rings (SSSR count). The van der Waals surface area contributed by atoms with Crippen LogP contribution in [0.2, 0.25) is 0 Å². The van der Waals surface area contributed by atoms with Gasteiger partial charge in [0.25, 0.3) is 5.91 Å². The molecule has 5 nitrogen and oxygen atoms in total. The standard InChI is InChI=1S/C25H31FN2O3/c1-5-6-20-9-12-23(30-4)24(13-20)31-17-25(29)28-15-18(2)27(14-19(28)3)16-21-7-10-22(26)11-8-21/h5,7-13,18-19H,1,6,14-17H2,2-4H3. The predicted octanol–water partition coefficient (Wildman–Crippen LogP) is 4.06. The Hall–Kier alpha value is -2.86. The third kappa shape index (κ3) is 5.85. The lowest BCUT2D eigenvalue weighted by Crippen LogP contribution is -2.58. The Balaban J connectivity index is 1.59. The number of methoxy groups -OCH3 is 1. The summed E-state index contributed by atoms with van der Waals surface area (Å²) in [5.74, 6) is 0.890. The summed E-state index contributed by atoms with van der Waals surface area (Å²) in [7, 11) is 1.58. The lowest BCUT2D eigenvalue weighted by Gasteiger charge is -2.44. The van der Waals surface area contributed by atoms with Crippen LogP contribution in [0.25, 0.3) is 0 Å². The maximum absolute atomic E-state index is 13.2. The molecule has 0 radical (unpaired) electrons. The molecule has 2 atom stereocenters. The van der Waals surface area contributed by atoms with Crippen LogP contribution in [0.1, 0.15) is 25.0 Å². The smallest absolute Gasteiger partial charge is 0.260 e. The van der Waals surface area contributed by atoms with E-state index in [1.165, 1.54) is 12.1 Å². The zero-order valence-electron chi connectivity index (χ0n) is 18.5. The number of nitrogens with zero attached hydrogens (tertiary/aromatic N) is 2. The van der Waals surface area contributed by atoms with Gasteiger partial charge in [-0.1, -0.05) is 24.3 Å². The van der Waals surface area contributed by atoms with Crippen molar-refractivity contribution in [3.8, 4) is 11.5 Å². The number of piperazine rings is 1. The summed E-state index contributed by atoms with van der Waals surface area (Å²) in [6.45, 7) is 9.99. The minimum atomic E-state index is -0.229. The summed E-state index contributed by atoms with van der Waals surface area (Å²) < 4.78 is 24.4. The first-order valence-electron chi connectivity index (χ1n) is 10.6. The second-order valence-electron chi connectivity index (χ2n) is 8.07. The van der Waals surface area contributed by atoms with Gasteiger partial charge in [-0.15, -0.1) is 6.58 Å². The van der Waals surface area contributed by atoms with Gasteiger partial charge in [-0.25, -0.2) is 4.39 Å². The molecule has 2 aromatic rings. The highest BCUT2D eigenvalue weighted by atomic mass is 19.1. The fourth-order valence-corrected chi connectivity index (χ4v) is 3.94. The van der Waals surface area contributed by atoms with Crippen LogP contribution in [0.3, 0.4) is 0 Å². The molecule has 1 heterocycles. The molecule has 1 saturated heterocycles. The van der Waals surface area contributed by atoms with E-state index in [1.807, 2.05) is 48.2 Å². The van der Waals surface area contributed by atoms with Gasteiger partial charge in [-0.3, -0.25) is 9.69 Å². The van der Waals surface area contributed by atoms with Crippen molar-refractivity contribution in [2.75, 3.05) is 26.8 Å². The van der Waals surface area contributed by atoms with E-state index in [9.17, 15) is 9.18 Å². The number of rotatable bonds is 8.